The molecule has 0 atom stereocenters. The Morgan fingerprint density at radius 1 is 0.968 bits per heavy atom. The van der Waals surface area contributed by atoms with Crippen LogP contribution in [0.2, 0.25) is 0 Å². The van der Waals surface area contributed by atoms with Gasteiger partial charge in [-0.2, -0.15) is 0 Å². The van der Waals surface area contributed by atoms with Gasteiger partial charge in [0.1, 0.15) is 11.5 Å². The first kappa shape index (κ1) is 23.3. The van der Waals surface area contributed by atoms with Crippen molar-refractivity contribution in [3.63, 3.8) is 0 Å². The van der Waals surface area contributed by atoms with Gasteiger partial charge in [0.15, 0.2) is 16.6 Å². The Bertz CT molecular complexity index is 817. The molecule has 6 nitrogen and oxygen atoms in total. The van der Waals surface area contributed by atoms with Crippen LogP contribution >= 0.6 is 12.2 Å². The summed E-state index contributed by atoms with van der Waals surface area (Å²) in [5.74, 6) is 2.89. The van der Waals surface area contributed by atoms with Gasteiger partial charge in [-0.3, -0.25) is 0 Å². The minimum absolute atomic E-state index is 0.416. The first-order valence-electron chi connectivity index (χ1n) is 11.0. The molecule has 170 valence electrons. The van der Waals surface area contributed by atoms with E-state index in [2.05, 4.69) is 10.2 Å². The lowest BCUT2D eigenvalue weighted by Crippen LogP contribution is -2.44. The molecule has 0 amide bonds. The zero-order chi connectivity index (χ0) is 22.1. The highest BCUT2D eigenvalue weighted by Gasteiger charge is 2.20. The topological polar surface area (TPSA) is 56.1 Å². The Labute approximate surface area is 190 Å². The Hall–Kier alpha value is -2.41. The number of nitrogens with zero attached hydrogens (tertiary/aromatic N) is 1. The molecule has 0 saturated heterocycles. The smallest absolute Gasteiger partial charge is 0.169 e. The fraction of sp³-hybridized carbons (Fsp3) is 0.542. The molecule has 0 bridgehead atoms. The molecule has 1 heterocycles. The van der Waals surface area contributed by atoms with Gasteiger partial charge in [-0.1, -0.05) is 32.1 Å². The van der Waals surface area contributed by atoms with E-state index in [0.717, 1.165) is 35.0 Å². The van der Waals surface area contributed by atoms with Crippen molar-refractivity contribution in [3.05, 3.63) is 41.9 Å². The standard InChI is InChI=1S/C24H34N2O4S/c1-27-21-15-23(29-3)22(28-2)14-18(21)16-26(17-20-12-9-13-30-20)24(31)25-19-10-7-5-4-6-8-11-19/h9,12-15,19H,4-8,10-11,16-17H2,1-3H3,(H,25,31). The van der Waals surface area contributed by atoms with E-state index in [1.165, 1.54) is 32.1 Å². The van der Waals surface area contributed by atoms with Crippen molar-refractivity contribution in [3.8, 4) is 17.2 Å². The maximum atomic E-state index is 5.87. The van der Waals surface area contributed by atoms with Crippen molar-refractivity contribution in [2.24, 2.45) is 0 Å². The van der Waals surface area contributed by atoms with Gasteiger partial charge in [-0.25, -0.2) is 0 Å². The fourth-order valence-electron chi connectivity index (χ4n) is 4.08. The third kappa shape index (κ3) is 6.53. The van der Waals surface area contributed by atoms with Gasteiger partial charge in [0.2, 0.25) is 0 Å². The molecule has 1 aliphatic carbocycles. The van der Waals surface area contributed by atoms with Gasteiger partial charge < -0.3 is 28.8 Å². The molecular weight excluding hydrogens is 412 g/mol. The molecule has 31 heavy (non-hydrogen) atoms. The number of rotatable bonds is 8. The predicted molar refractivity (Wildman–Crippen MR) is 126 cm³/mol. The molecule has 1 aliphatic rings. The number of furan rings is 1. The van der Waals surface area contributed by atoms with Crippen LogP contribution < -0.4 is 19.5 Å². The summed E-state index contributed by atoms with van der Waals surface area (Å²) in [5, 5.41) is 4.36. The Kier molecular flexibility index (Phi) is 8.88. The molecule has 1 aromatic carbocycles. The van der Waals surface area contributed by atoms with Gasteiger partial charge in [-0.05, 0) is 43.3 Å². The second-order valence-electron chi connectivity index (χ2n) is 7.95. The minimum atomic E-state index is 0.416. The van der Waals surface area contributed by atoms with E-state index in [9.17, 15) is 0 Å². The second-order valence-corrected chi connectivity index (χ2v) is 8.33. The summed E-state index contributed by atoms with van der Waals surface area (Å²) >= 11 is 5.87. The highest BCUT2D eigenvalue weighted by molar-refractivity contribution is 7.80. The minimum Gasteiger partial charge on any atom is -0.496 e. The highest BCUT2D eigenvalue weighted by atomic mass is 32.1. The van der Waals surface area contributed by atoms with E-state index in [1.54, 1.807) is 27.6 Å². The summed E-state index contributed by atoms with van der Waals surface area (Å²) in [6.07, 6.45) is 10.5. The van der Waals surface area contributed by atoms with Crippen molar-refractivity contribution >= 4 is 17.3 Å². The number of ether oxygens (including phenoxy) is 3. The third-order valence-corrected chi connectivity index (χ3v) is 6.17. The van der Waals surface area contributed by atoms with E-state index >= 15 is 0 Å². The molecule has 0 unspecified atom stereocenters. The number of methoxy groups -OCH3 is 3. The first-order valence-corrected chi connectivity index (χ1v) is 11.4. The maximum absolute atomic E-state index is 5.87. The summed E-state index contributed by atoms with van der Waals surface area (Å²) in [7, 11) is 4.91. The monoisotopic (exact) mass is 446 g/mol. The summed E-state index contributed by atoms with van der Waals surface area (Å²) in [6, 6.07) is 8.09. The normalized spacial score (nSPS) is 14.9. The van der Waals surface area contributed by atoms with E-state index in [-0.39, 0.29) is 0 Å². The second kappa shape index (κ2) is 11.8. The lowest BCUT2D eigenvalue weighted by Gasteiger charge is -2.30. The van der Waals surface area contributed by atoms with Crippen molar-refractivity contribution in [1.82, 2.24) is 10.2 Å². The molecule has 7 heteroatoms. The number of nitrogens with one attached hydrogen (secondary N) is 1. The summed E-state index contributed by atoms with van der Waals surface area (Å²) < 4.78 is 22.2. The largest absolute Gasteiger partial charge is 0.496 e. The maximum Gasteiger partial charge on any atom is 0.169 e. The quantitative estimate of drug-likeness (QED) is 0.553. The summed E-state index contributed by atoms with van der Waals surface area (Å²) in [6.45, 7) is 1.13. The van der Waals surface area contributed by atoms with Crippen LogP contribution in [0.4, 0.5) is 0 Å². The summed E-state index contributed by atoms with van der Waals surface area (Å²) in [4.78, 5) is 2.12. The van der Waals surface area contributed by atoms with Crippen LogP contribution in [-0.2, 0) is 13.1 Å². The van der Waals surface area contributed by atoms with Crippen LogP contribution in [0.3, 0.4) is 0 Å². The van der Waals surface area contributed by atoms with Crippen molar-refractivity contribution < 1.29 is 18.6 Å². The molecule has 2 aromatic rings. The highest BCUT2D eigenvalue weighted by Crippen LogP contribution is 2.35. The zero-order valence-corrected chi connectivity index (χ0v) is 19.6. The molecule has 1 N–H and O–H groups in total. The van der Waals surface area contributed by atoms with Gasteiger partial charge in [0, 0.05) is 24.2 Å². The molecular formula is C24H34N2O4S. The third-order valence-electron chi connectivity index (χ3n) is 5.79. The van der Waals surface area contributed by atoms with Gasteiger partial charge in [0.05, 0.1) is 34.1 Å². The fourth-order valence-corrected chi connectivity index (χ4v) is 4.37. The van der Waals surface area contributed by atoms with Crippen LogP contribution in [0, 0.1) is 0 Å². The zero-order valence-electron chi connectivity index (χ0n) is 18.8. The van der Waals surface area contributed by atoms with E-state index in [4.69, 9.17) is 30.8 Å². The number of hydrogen-bond donors (Lipinski definition) is 1. The van der Waals surface area contributed by atoms with E-state index < -0.39 is 0 Å². The van der Waals surface area contributed by atoms with Gasteiger partial charge >= 0.3 is 0 Å². The number of hydrogen-bond acceptors (Lipinski definition) is 5. The van der Waals surface area contributed by atoms with Gasteiger partial charge in [0.25, 0.3) is 0 Å². The molecule has 1 fully saturated rings. The SMILES string of the molecule is COc1cc(OC)c(OC)cc1CN(Cc1ccco1)C(=S)NC1CCCCCCC1. The van der Waals surface area contributed by atoms with E-state index in [1.807, 2.05) is 24.3 Å². The molecule has 0 radical (unpaired) electrons. The van der Waals surface area contributed by atoms with E-state index in [0.29, 0.717) is 30.6 Å². The summed E-state index contributed by atoms with van der Waals surface area (Å²) in [5.41, 5.74) is 0.966. The average molecular weight is 447 g/mol. The van der Waals surface area contributed by atoms with Crippen LogP contribution in [0.5, 0.6) is 17.2 Å². The Morgan fingerprint density at radius 2 is 1.61 bits per heavy atom. The Morgan fingerprint density at radius 3 is 2.23 bits per heavy atom. The lowest BCUT2D eigenvalue weighted by molar-refractivity contribution is 0.324. The Balaban J connectivity index is 1.81. The molecule has 0 spiro atoms. The first-order chi connectivity index (χ1) is 15.1. The molecule has 1 aromatic heterocycles. The van der Waals surface area contributed by atoms with Crippen molar-refractivity contribution in [2.45, 2.75) is 64.1 Å². The molecule has 3 rings (SSSR count). The van der Waals surface area contributed by atoms with Gasteiger partial charge in [-0.15, -0.1) is 0 Å². The van der Waals surface area contributed by atoms with Crippen LogP contribution in [0.1, 0.15) is 56.3 Å². The number of thiocarbonyl (C=S) groups is 1. The van der Waals surface area contributed by atoms with Crippen molar-refractivity contribution in [1.29, 1.82) is 0 Å². The predicted octanol–water partition coefficient (Wildman–Crippen LogP) is 5.30. The average Bonchev–Trinajstić information content (AvgIpc) is 3.27. The van der Waals surface area contributed by atoms with Crippen LogP contribution in [0.15, 0.2) is 34.9 Å². The molecule has 1 saturated carbocycles. The number of benzene rings is 1. The lowest BCUT2D eigenvalue weighted by atomic mass is 9.97. The van der Waals surface area contributed by atoms with Crippen LogP contribution in [0.25, 0.3) is 0 Å². The van der Waals surface area contributed by atoms with Crippen molar-refractivity contribution in [2.75, 3.05) is 21.3 Å². The molecule has 0 aliphatic heterocycles. The van der Waals surface area contributed by atoms with Crippen LogP contribution in [-0.4, -0.2) is 37.4 Å².